The van der Waals surface area contributed by atoms with E-state index in [0.29, 0.717) is 13.0 Å². The number of hydrogen-bond donors (Lipinski definition) is 0. The topological polar surface area (TPSA) is 26.3 Å². The van der Waals surface area contributed by atoms with E-state index in [2.05, 4.69) is 32.0 Å². The summed E-state index contributed by atoms with van der Waals surface area (Å²) in [6.07, 6.45) is 1.40. The molecule has 110 valence electrons. The summed E-state index contributed by atoms with van der Waals surface area (Å²) >= 11 is 0. The third kappa shape index (κ3) is 4.75. The molecule has 21 heavy (non-hydrogen) atoms. The molecule has 2 aromatic carbocycles. The van der Waals surface area contributed by atoms with Gasteiger partial charge < -0.3 is 9.53 Å². The van der Waals surface area contributed by atoms with Crippen LogP contribution in [0.25, 0.3) is 0 Å². The molecule has 2 rings (SSSR count). The van der Waals surface area contributed by atoms with Gasteiger partial charge in [-0.15, -0.1) is 0 Å². The van der Waals surface area contributed by atoms with Crippen LogP contribution in [0.15, 0.2) is 42.5 Å². The number of hydrogen-bond acceptors (Lipinski definition) is 2. The largest absolute Gasteiger partial charge is 0.489 e. The molecule has 0 aliphatic rings. The van der Waals surface area contributed by atoms with Gasteiger partial charge in [-0.05, 0) is 56.0 Å². The number of Topliss-reactive ketones (excluding diaryl/α,β-unsaturated/α-hetero) is 1. The Morgan fingerprint density at radius 3 is 2.43 bits per heavy atom. The highest BCUT2D eigenvalue weighted by atomic mass is 16.5. The zero-order chi connectivity index (χ0) is 15.2. The average Bonchev–Trinajstić information content (AvgIpc) is 2.47. The van der Waals surface area contributed by atoms with Crippen LogP contribution >= 0.6 is 0 Å². The Bertz CT molecular complexity index is 612. The lowest BCUT2D eigenvalue weighted by atomic mass is 10.1. The molecule has 2 heteroatoms. The van der Waals surface area contributed by atoms with Gasteiger partial charge in [0.1, 0.15) is 18.1 Å². The average molecular weight is 282 g/mol. The van der Waals surface area contributed by atoms with E-state index in [4.69, 9.17) is 4.74 Å². The summed E-state index contributed by atoms with van der Waals surface area (Å²) < 4.78 is 5.84. The molecule has 0 aliphatic carbocycles. The van der Waals surface area contributed by atoms with Crippen molar-refractivity contribution >= 4 is 5.78 Å². The van der Waals surface area contributed by atoms with E-state index in [-0.39, 0.29) is 5.78 Å². The van der Waals surface area contributed by atoms with Gasteiger partial charge in [0.2, 0.25) is 0 Å². The van der Waals surface area contributed by atoms with Gasteiger partial charge in [-0.1, -0.05) is 35.9 Å². The van der Waals surface area contributed by atoms with E-state index >= 15 is 0 Å². The summed E-state index contributed by atoms with van der Waals surface area (Å²) in [5.74, 6) is 1.09. The van der Waals surface area contributed by atoms with Crippen LogP contribution < -0.4 is 4.74 Å². The number of carbonyl (C=O) groups excluding carboxylic acids is 1. The molecule has 0 N–H and O–H groups in total. The Morgan fingerprint density at radius 1 is 1.05 bits per heavy atom. The van der Waals surface area contributed by atoms with Crippen LogP contribution in [-0.4, -0.2) is 5.78 Å². The first-order valence-corrected chi connectivity index (χ1v) is 7.32. The Hall–Kier alpha value is -2.09. The van der Waals surface area contributed by atoms with Crippen LogP contribution in [0, 0.1) is 13.8 Å². The van der Waals surface area contributed by atoms with Crippen molar-refractivity contribution in [1.82, 2.24) is 0 Å². The monoisotopic (exact) mass is 282 g/mol. The van der Waals surface area contributed by atoms with Gasteiger partial charge in [-0.3, -0.25) is 0 Å². The van der Waals surface area contributed by atoms with Gasteiger partial charge in [-0.2, -0.15) is 0 Å². The van der Waals surface area contributed by atoms with Gasteiger partial charge in [-0.25, -0.2) is 0 Å². The molecule has 0 unspecified atom stereocenters. The van der Waals surface area contributed by atoms with Crippen molar-refractivity contribution in [1.29, 1.82) is 0 Å². The molecule has 0 saturated heterocycles. The quantitative estimate of drug-likeness (QED) is 0.784. The van der Waals surface area contributed by atoms with Crippen molar-refractivity contribution in [2.24, 2.45) is 0 Å². The van der Waals surface area contributed by atoms with E-state index in [1.165, 1.54) is 22.3 Å². The smallest absolute Gasteiger partial charge is 0.130 e. The first kappa shape index (κ1) is 15.3. The van der Waals surface area contributed by atoms with Gasteiger partial charge in [0, 0.05) is 6.42 Å². The first-order chi connectivity index (χ1) is 10.0. The second kappa shape index (κ2) is 7.07. The van der Waals surface area contributed by atoms with Gasteiger partial charge >= 0.3 is 0 Å². The Labute approximate surface area is 126 Å². The number of rotatable bonds is 6. The third-order valence-electron chi connectivity index (χ3n) is 3.59. The first-order valence-electron chi connectivity index (χ1n) is 7.32. The second-order valence-electron chi connectivity index (χ2n) is 5.56. The van der Waals surface area contributed by atoms with Crippen molar-refractivity contribution in [2.75, 3.05) is 0 Å². The summed E-state index contributed by atoms with van der Waals surface area (Å²) in [7, 11) is 0. The van der Waals surface area contributed by atoms with Crippen LogP contribution in [0.2, 0.25) is 0 Å². The second-order valence-corrected chi connectivity index (χ2v) is 5.56. The molecule has 0 bridgehead atoms. The predicted molar refractivity (Wildman–Crippen MR) is 85.7 cm³/mol. The third-order valence-corrected chi connectivity index (χ3v) is 3.59. The molecule has 0 heterocycles. The maximum atomic E-state index is 11.0. The fourth-order valence-electron chi connectivity index (χ4n) is 2.19. The van der Waals surface area contributed by atoms with Crippen LogP contribution in [0.4, 0.5) is 0 Å². The van der Waals surface area contributed by atoms with Crippen LogP contribution in [0.5, 0.6) is 5.75 Å². The summed E-state index contributed by atoms with van der Waals surface area (Å²) in [6.45, 7) is 6.40. The van der Waals surface area contributed by atoms with Crippen LogP contribution in [0.1, 0.15) is 35.6 Å². The lowest BCUT2D eigenvalue weighted by molar-refractivity contribution is -0.116. The number of aryl methyl sites for hydroxylation is 3. The van der Waals surface area contributed by atoms with Crippen LogP contribution in [-0.2, 0) is 17.8 Å². The summed E-state index contributed by atoms with van der Waals surface area (Å²) in [4.78, 5) is 11.0. The predicted octanol–water partition coefficient (Wildman–Crippen LogP) is 4.40. The summed E-state index contributed by atoms with van der Waals surface area (Å²) in [5.41, 5.74) is 4.89. The molecule has 2 aromatic rings. The van der Waals surface area contributed by atoms with E-state index in [0.717, 1.165) is 12.2 Å². The minimum absolute atomic E-state index is 0.227. The summed E-state index contributed by atoms with van der Waals surface area (Å²) in [6, 6.07) is 14.4. The molecular formula is C19H22O2. The number of carbonyl (C=O) groups is 1. The lowest BCUT2D eigenvalue weighted by Gasteiger charge is -2.10. The molecule has 0 radical (unpaired) electrons. The molecule has 0 atom stereocenters. The number of benzene rings is 2. The highest BCUT2D eigenvalue weighted by molar-refractivity contribution is 5.75. The zero-order valence-corrected chi connectivity index (χ0v) is 13.0. The molecule has 2 nitrogen and oxygen atoms in total. The highest BCUT2D eigenvalue weighted by Gasteiger charge is 2.02. The van der Waals surface area contributed by atoms with Crippen molar-refractivity contribution in [2.45, 2.75) is 40.2 Å². The van der Waals surface area contributed by atoms with Crippen molar-refractivity contribution < 1.29 is 9.53 Å². The molecule has 0 fully saturated rings. The van der Waals surface area contributed by atoms with E-state index in [1.807, 2.05) is 24.3 Å². The number of ether oxygens (including phenoxy) is 1. The lowest BCUT2D eigenvalue weighted by Crippen LogP contribution is -1.99. The maximum absolute atomic E-state index is 11.0. The van der Waals surface area contributed by atoms with Crippen molar-refractivity contribution in [3.05, 3.63) is 64.7 Å². The van der Waals surface area contributed by atoms with Crippen LogP contribution in [0.3, 0.4) is 0 Å². The van der Waals surface area contributed by atoms with Crippen molar-refractivity contribution in [3.8, 4) is 5.75 Å². The Balaban J connectivity index is 1.94. The zero-order valence-electron chi connectivity index (χ0n) is 13.0. The van der Waals surface area contributed by atoms with Gasteiger partial charge in [0.25, 0.3) is 0 Å². The maximum Gasteiger partial charge on any atom is 0.130 e. The number of ketones is 1. The van der Waals surface area contributed by atoms with Gasteiger partial charge in [0.15, 0.2) is 0 Å². The van der Waals surface area contributed by atoms with E-state index in [1.54, 1.807) is 6.92 Å². The van der Waals surface area contributed by atoms with Gasteiger partial charge in [0.05, 0.1) is 0 Å². The van der Waals surface area contributed by atoms with E-state index in [9.17, 15) is 4.79 Å². The Kier molecular flexibility index (Phi) is 5.15. The normalized spacial score (nSPS) is 10.4. The minimum Gasteiger partial charge on any atom is -0.489 e. The molecule has 0 aliphatic heterocycles. The molecule has 0 spiro atoms. The standard InChI is InChI=1S/C19H22O2/c1-14-4-5-15(2)18(12-14)13-21-19-10-8-17(9-11-19)7-6-16(3)20/h4-5,8-12H,6-7,13H2,1-3H3. The molecule has 0 aromatic heterocycles. The van der Waals surface area contributed by atoms with Crippen molar-refractivity contribution in [3.63, 3.8) is 0 Å². The Morgan fingerprint density at radius 2 is 1.76 bits per heavy atom. The fraction of sp³-hybridized carbons (Fsp3) is 0.316. The molecule has 0 amide bonds. The fourth-order valence-corrected chi connectivity index (χ4v) is 2.19. The SMILES string of the molecule is CC(=O)CCc1ccc(OCc2cc(C)ccc2C)cc1. The van der Waals surface area contributed by atoms with E-state index < -0.39 is 0 Å². The molecule has 0 saturated carbocycles. The summed E-state index contributed by atoms with van der Waals surface area (Å²) in [5, 5.41) is 0. The molecular weight excluding hydrogens is 260 g/mol. The highest BCUT2D eigenvalue weighted by Crippen LogP contribution is 2.17. The minimum atomic E-state index is 0.227.